The largest absolute Gasteiger partial charge is 0.497 e. The Morgan fingerprint density at radius 2 is 2.10 bits per heavy atom. The van der Waals surface area contributed by atoms with Crippen molar-refractivity contribution >= 4 is 17.4 Å². The van der Waals surface area contributed by atoms with Gasteiger partial charge in [-0.05, 0) is 36.9 Å². The molecule has 0 amide bonds. The molecular formula is C15H19ClN4O. The van der Waals surface area contributed by atoms with Crippen molar-refractivity contribution in [2.45, 2.75) is 13.1 Å². The molecule has 5 nitrogen and oxygen atoms in total. The maximum Gasteiger partial charge on any atom is 0.140 e. The zero-order chi connectivity index (χ0) is 15.2. The third-order valence-corrected chi connectivity index (χ3v) is 3.42. The number of hydrazine groups is 1. The van der Waals surface area contributed by atoms with Crippen LogP contribution in [-0.4, -0.2) is 24.0 Å². The van der Waals surface area contributed by atoms with Crippen LogP contribution in [0.15, 0.2) is 36.4 Å². The van der Waals surface area contributed by atoms with E-state index in [2.05, 4.69) is 21.4 Å². The summed E-state index contributed by atoms with van der Waals surface area (Å²) in [7, 11) is 3.68. The van der Waals surface area contributed by atoms with Gasteiger partial charge in [0.15, 0.2) is 0 Å². The van der Waals surface area contributed by atoms with Gasteiger partial charge in [-0.15, -0.1) is 0 Å². The van der Waals surface area contributed by atoms with Crippen LogP contribution in [0.2, 0.25) is 5.02 Å². The number of aromatic nitrogens is 1. The molecule has 2 aromatic rings. The van der Waals surface area contributed by atoms with Gasteiger partial charge in [0.2, 0.25) is 0 Å². The van der Waals surface area contributed by atoms with Crippen LogP contribution in [0.4, 0.5) is 5.82 Å². The SMILES string of the molecule is COc1cccc(CN(C)Cc2nc(NN)ccc2Cl)c1. The number of nitrogens with two attached hydrogens (primary N) is 1. The Morgan fingerprint density at radius 1 is 1.29 bits per heavy atom. The quantitative estimate of drug-likeness (QED) is 0.634. The number of hydrogen-bond acceptors (Lipinski definition) is 5. The molecule has 112 valence electrons. The molecule has 0 aliphatic heterocycles. The van der Waals surface area contributed by atoms with Crippen molar-refractivity contribution in [2.24, 2.45) is 5.84 Å². The summed E-state index contributed by atoms with van der Waals surface area (Å²) in [5.74, 6) is 6.83. The van der Waals surface area contributed by atoms with Gasteiger partial charge >= 0.3 is 0 Å². The van der Waals surface area contributed by atoms with E-state index in [9.17, 15) is 0 Å². The maximum absolute atomic E-state index is 6.17. The molecule has 0 atom stereocenters. The third kappa shape index (κ3) is 4.32. The molecule has 0 saturated heterocycles. The minimum absolute atomic E-state index is 0.601. The number of halogens is 1. The Bertz CT molecular complexity index is 606. The van der Waals surface area contributed by atoms with Crippen molar-refractivity contribution in [3.63, 3.8) is 0 Å². The number of pyridine rings is 1. The Kier molecular flexibility index (Phi) is 5.38. The first-order valence-corrected chi connectivity index (χ1v) is 6.93. The number of methoxy groups -OCH3 is 1. The van der Waals surface area contributed by atoms with E-state index in [4.69, 9.17) is 22.2 Å². The highest BCUT2D eigenvalue weighted by Crippen LogP contribution is 2.19. The molecule has 0 spiro atoms. The predicted octanol–water partition coefficient (Wildman–Crippen LogP) is 2.66. The first-order chi connectivity index (χ1) is 10.1. The van der Waals surface area contributed by atoms with Crippen molar-refractivity contribution in [1.29, 1.82) is 0 Å². The second-order valence-corrected chi connectivity index (χ2v) is 5.20. The summed E-state index contributed by atoms with van der Waals surface area (Å²) in [4.78, 5) is 6.50. The van der Waals surface area contributed by atoms with Gasteiger partial charge in [0.1, 0.15) is 11.6 Å². The number of rotatable bonds is 6. The lowest BCUT2D eigenvalue weighted by Crippen LogP contribution is -2.19. The van der Waals surface area contributed by atoms with Gasteiger partial charge in [0.25, 0.3) is 0 Å². The summed E-state index contributed by atoms with van der Waals surface area (Å²) in [5, 5.41) is 0.631. The molecule has 0 fully saturated rings. The lowest BCUT2D eigenvalue weighted by molar-refractivity contribution is 0.314. The number of nitrogens with one attached hydrogen (secondary N) is 1. The number of nitrogen functional groups attached to an aromatic ring is 1. The number of hydrogen-bond donors (Lipinski definition) is 2. The fourth-order valence-electron chi connectivity index (χ4n) is 2.07. The highest BCUT2D eigenvalue weighted by atomic mass is 35.5. The van der Waals surface area contributed by atoms with Crippen molar-refractivity contribution in [2.75, 3.05) is 19.6 Å². The molecule has 0 unspecified atom stereocenters. The molecule has 1 aromatic carbocycles. The van der Waals surface area contributed by atoms with Gasteiger partial charge in [-0.1, -0.05) is 23.7 Å². The zero-order valence-electron chi connectivity index (χ0n) is 12.1. The van der Waals surface area contributed by atoms with Crippen LogP contribution in [-0.2, 0) is 13.1 Å². The molecule has 2 rings (SSSR count). The molecule has 0 aliphatic carbocycles. The van der Waals surface area contributed by atoms with Crippen molar-refractivity contribution in [3.8, 4) is 5.75 Å². The number of ether oxygens (including phenoxy) is 1. The Hall–Kier alpha value is -1.82. The smallest absolute Gasteiger partial charge is 0.140 e. The van der Waals surface area contributed by atoms with Gasteiger partial charge in [-0.2, -0.15) is 0 Å². The summed E-state index contributed by atoms with van der Waals surface area (Å²) in [6, 6.07) is 11.5. The molecule has 1 aromatic heterocycles. The van der Waals surface area contributed by atoms with Gasteiger partial charge in [0, 0.05) is 13.1 Å². The van der Waals surface area contributed by atoms with Crippen LogP contribution in [0.3, 0.4) is 0 Å². The highest BCUT2D eigenvalue weighted by molar-refractivity contribution is 6.31. The second kappa shape index (κ2) is 7.26. The Balaban J connectivity index is 2.05. The van der Waals surface area contributed by atoms with E-state index in [1.54, 1.807) is 19.2 Å². The number of benzene rings is 1. The Morgan fingerprint density at radius 3 is 2.81 bits per heavy atom. The molecule has 3 N–H and O–H groups in total. The van der Waals surface area contributed by atoms with E-state index in [1.165, 1.54) is 5.56 Å². The molecule has 1 heterocycles. The van der Waals surface area contributed by atoms with Crippen LogP contribution in [0, 0.1) is 0 Å². The van der Waals surface area contributed by atoms with Gasteiger partial charge in [-0.3, -0.25) is 4.90 Å². The highest BCUT2D eigenvalue weighted by Gasteiger charge is 2.08. The molecule has 0 bridgehead atoms. The molecule has 0 aliphatic rings. The first-order valence-electron chi connectivity index (χ1n) is 6.56. The summed E-state index contributed by atoms with van der Waals surface area (Å²) < 4.78 is 5.23. The van der Waals surface area contributed by atoms with Gasteiger partial charge < -0.3 is 10.2 Å². The summed E-state index contributed by atoms with van der Waals surface area (Å²) in [5.41, 5.74) is 4.48. The van der Waals surface area contributed by atoms with Crippen molar-refractivity contribution < 1.29 is 4.74 Å². The number of anilines is 1. The van der Waals surface area contributed by atoms with E-state index in [-0.39, 0.29) is 0 Å². The number of nitrogens with zero attached hydrogens (tertiary/aromatic N) is 2. The molecule has 21 heavy (non-hydrogen) atoms. The summed E-state index contributed by atoms with van der Waals surface area (Å²) >= 11 is 6.17. The lowest BCUT2D eigenvalue weighted by atomic mass is 10.2. The average molecular weight is 307 g/mol. The summed E-state index contributed by atoms with van der Waals surface area (Å²) in [6.45, 7) is 1.40. The first kappa shape index (κ1) is 15.6. The fourth-order valence-corrected chi connectivity index (χ4v) is 2.23. The van der Waals surface area contributed by atoms with Gasteiger partial charge in [-0.25, -0.2) is 10.8 Å². The monoisotopic (exact) mass is 306 g/mol. The van der Waals surface area contributed by atoms with Crippen LogP contribution in [0.1, 0.15) is 11.3 Å². The van der Waals surface area contributed by atoms with E-state index < -0.39 is 0 Å². The second-order valence-electron chi connectivity index (χ2n) is 4.79. The Labute approximate surface area is 129 Å². The van der Waals surface area contributed by atoms with Crippen LogP contribution in [0.5, 0.6) is 5.75 Å². The van der Waals surface area contributed by atoms with E-state index in [1.807, 2.05) is 25.2 Å². The van der Waals surface area contributed by atoms with E-state index >= 15 is 0 Å². The van der Waals surface area contributed by atoms with Crippen LogP contribution in [0.25, 0.3) is 0 Å². The average Bonchev–Trinajstić information content (AvgIpc) is 2.49. The lowest BCUT2D eigenvalue weighted by Gasteiger charge is -2.17. The summed E-state index contributed by atoms with van der Waals surface area (Å²) in [6.07, 6.45) is 0. The van der Waals surface area contributed by atoms with Crippen LogP contribution >= 0.6 is 11.6 Å². The van der Waals surface area contributed by atoms with Crippen molar-refractivity contribution in [1.82, 2.24) is 9.88 Å². The predicted molar refractivity (Wildman–Crippen MR) is 85.2 cm³/mol. The molecule has 0 radical (unpaired) electrons. The fraction of sp³-hybridized carbons (Fsp3) is 0.267. The maximum atomic E-state index is 6.17. The third-order valence-electron chi connectivity index (χ3n) is 3.07. The van der Waals surface area contributed by atoms with Gasteiger partial charge in [0.05, 0.1) is 17.8 Å². The molecule has 6 heteroatoms. The minimum Gasteiger partial charge on any atom is -0.497 e. The molecule has 0 saturated carbocycles. The topological polar surface area (TPSA) is 63.4 Å². The standard InChI is InChI=1S/C15H19ClN4O/c1-20(9-11-4-3-5-12(8-11)21-2)10-14-13(16)6-7-15(18-14)19-17/h3-8H,9-10,17H2,1-2H3,(H,18,19). The van der Waals surface area contributed by atoms with E-state index in [0.717, 1.165) is 18.0 Å². The van der Waals surface area contributed by atoms with E-state index in [0.29, 0.717) is 17.4 Å². The minimum atomic E-state index is 0.601. The molecular weight excluding hydrogens is 288 g/mol. The van der Waals surface area contributed by atoms with Crippen LogP contribution < -0.4 is 16.0 Å². The normalized spacial score (nSPS) is 10.7. The zero-order valence-corrected chi connectivity index (χ0v) is 12.9. The van der Waals surface area contributed by atoms with Crippen molar-refractivity contribution in [3.05, 3.63) is 52.7 Å².